The SMILES string of the molecule is CCOC(=O)c1cccnc1NCc1cc(OC(C)C)cc(B2OC(C)(C)C(C)(C)O2)c1. The van der Waals surface area contributed by atoms with Gasteiger partial charge in [0.1, 0.15) is 17.1 Å². The van der Waals surface area contributed by atoms with Crippen molar-refractivity contribution < 1.29 is 23.6 Å². The van der Waals surface area contributed by atoms with Gasteiger partial charge in [0, 0.05) is 12.7 Å². The molecule has 1 aromatic heterocycles. The average Bonchev–Trinajstić information content (AvgIpc) is 2.93. The number of benzene rings is 1. The van der Waals surface area contributed by atoms with Gasteiger partial charge >= 0.3 is 13.1 Å². The summed E-state index contributed by atoms with van der Waals surface area (Å²) in [5, 5.41) is 3.25. The first-order valence-electron chi connectivity index (χ1n) is 11.0. The Labute approximate surface area is 191 Å². The predicted molar refractivity (Wildman–Crippen MR) is 125 cm³/mol. The van der Waals surface area contributed by atoms with Crippen LogP contribution >= 0.6 is 0 Å². The summed E-state index contributed by atoms with van der Waals surface area (Å²) < 4.78 is 23.6. The van der Waals surface area contributed by atoms with Gasteiger partial charge in [-0.15, -0.1) is 0 Å². The second-order valence-electron chi connectivity index (χ2n) is 9.14. The molecule has 2 heterocycles. The Hall–Kier alpha value is -2.58. The molecule has 1 aromatic carbocycles. The number of nitrogens with zero attached hydrogens (tertiary/aromatic N) is 1. The van der Waals surface area contributed by atoms with Gasteiger partial charge in [0.2, 0.25) is 0 Å². The van der Waals surface area contributed by atoms with E-state index >= 15 is 0 Å². The molecule has 0 spiro atoms. The zero-order valence-electron chi connectivity index (χ0n) is 20.0. The van der Waals surface area contributed by atoms with Crippen LogP contribution in [0.4, 0.5) is 5.82 Å². The van der Waals surface area contributed by atoms with Gasteiger partial charge in [-0.3, -0.25) is 0 Å². The highest BCUT2D eigenvalue weighted by Crippen LogP contribution is 2.36. The number of carbonyl (C=O) groups excluding carboxylic acids is 1. The first-order chi connectivity index (χ1) is 15.0. The summed E-state index contributed by atoms with van der Waals surface area (Å²) in [6, 6.07) is 9.35. The van der Waals surface area contributed by atoms with Crippen molar-refractivity contribution >= 4 is 24.4 Å². The lowest BCUT2D eigenvalue weighted by atomic mass is 9.78. The van der Waals surface area contributed by atoms with Crippen LogP contribution in [-0.2, 0) is 20.6 Å². The van der Waals surface area contributed by atoms with E-state index in [4.69, 9.17) is 18.8 Å². The molecule has 1 fully saturated rings. The molecule has 1 N–H and O–H groups in total. The molecule has 8 heteroatoms. The van der Waals surface area contributed by atoms with Crippen molar-refractivity contribution in [3.63, 3.8) is 0 Å². The maximum Gasteiger partial charge on any atom is 0.494 e. The van der Waals surface area contributed by atoms with Crippen LogP contribution in [0, 0.1) is 0 Å². The summed E-state index contributed by atoms with van der Waals surface area (Å²) in [6.45, 7) is 14.6. The average molecular weight is 440 g/mol. The molecule has 1 aliphatic heterocycles. The van der Waals surface area contributed by atoms with Gasteiger partial charge in [0.05, 0.1) is 23.9 Å². The summed E-state index contributed by atoms with van der Waals surface area (Å²) >= 11 is 0. The molecule has 0 saturated carbocycles. The Bertz CT molecular complexity index is 945. The second kappa shape index (κ2) is 9.51. The summed E-state index contributed by atoms with van der Waals surface area (Å²) in [4.78, 5) is 16.6. The molecule has 7 nitrogen and oxygen atoms in total. The number of carbonyl (C=O) groups is 1. The van der Waals surface area contributed by atoms with E-state index < -0.39 is 24.3 Å². The van der Waals surface area contributed by atoms with Gasteiger partial charge in [-0.05, 0) is 83.8 Å². The van der Waals surface area contributed by atoms with Gasteiger partial charge in [-0.2, -0.15) is 0 Å². The van der Waals surface area contributed by atoms with E-state index in [0.717, 1.165) is 16.8 Å². The third-order valence-electron chi connectivity index (χ3n) is 5.65. The molecule has 0 amide bonds. The Kier molecular flexibility index (Phi) is 7.15. The number of anilines is 1. The smallest absolute Gasteiger partial charge is 0.491 e. The number of aromatic nitrogens is 1. The van der Waals surface area contributed by atoms with E-state index in [-0.39, 0.29) is 6.10 Å². The van der Waals surface area contributed by atoms with Gasteiger partial charge in [0.25, 0.3) is 0 Å². The minimum Gasteiger partial charge on any atom is -0.491 e. The predicted octanol–water partition coefficient (Wildman–Crippen LogP) is 3.96. The van der Waals surface area contributed by atoms with Crippen molar-refractivity contribution in [2.24, 2.45) is 0 Å². The van der Waals surface area contributed by atoms with Gasteiger partial charge in [-0.25, -0.2) is 9.78 Å². The van der Waals surface area contributed by atoms with Crippen LogP contribution < -0.4 is 15.5 Å². The van der Waals surface area contributed by atoms with Crippen molar-refractivity contribution in [2.75, 3.05) is 11.9 Å². The van der Waals surface area contributed by atoms with E-state index in [1.807, 2.05) is 59.7 Å². The van der Waals surface area contributed by atoms with Crippen LogP contribution in [0.2, 0.25) is 0 Å². The molecule has 0 bridgehead atoms. The van der Waals surface area contributed by atoms with Crippen LogP contribution in [0.1, 0.15) is 64.4 Å². The van der Waals surface area contributed by atoms with E-state index in [2.05, 4.69) is 10.3 Å². The molecule has 32 heavy (non-hydrogen) atoms. The lowest BCUT2D eigenvalue weighted by Crippen LogP contribution is -2.41. The highest BCUT2D eigenvalue weighted by molar-refractivity contribution is 6.62. The maximum atomic E-state index is 12.2. The molecular formula is C24H33BN2O5. The van der Waals surface area contributed by atoms with Gasteiger partial charge in [-0.1, -0.05) is 6.07 Å². The number of hydrogen-bond acceptors (Lipinski definition) is 7. The number of pyridine rings is 1. The standard InChI is InChI=1S/C24H33BN2O5/c1-8-29-22(28)20-10-9-11-26-21(20)27-15-17-12-18(14-19(13-17)30-16(2)3)25-31-23(4,5)24(6,7)32-25/h9-14,16H,8,15H2,1-7H3,(H,26,27). The summed E-state index contributed by atoms with van der Waals surface area (Å²) in [5.41, 5.74) is 1.36. The topological polar surface area (TPSA) is 78.9 Å². The molecule has 0 atom stereocenters. The fourth-order valence-corrected chi connectivity index (χ4v) is 3.35. The Balaban J connectivity index is 1.86. The third kappa shape index (κ3) is 5.42. The van der Waals surface area contributed by atoms with Gasteiger partial charge in [0.15, 0.2) is 0 Å². The zero-order chi connectivity index (χ0) is 23.5. The largest absolute Gasteiger partial charge is 0.494 e. The minimum absolute atomic E-state index is 0.0237. The zero-order valence-corrected chi connectivity index (χ0v) is 20.0. The Morgan fingerprint density at radius 3 is 2.47 bits per heavy atom. The van der Waals surface area contributed by atoms with Gasteiger partial charge < -0.3 is 24.1 Å². The molecule has 0 unspecified atom stereocenters. The first-order valence-corrected chi connectivity index (χ1v) is 11.0. The van der Waals surface area contributed by atoms with Crippen molar-refractivity contribution in [1.82, 2.24) is 4.98 Å². The molecule has 172 valence electrons. The number of nitrogens with one attached hydrogen (secondary N) is 1. The minimum atomic E-state index is -0.501. The molecule has 2 aromatic rings. The van der Waals surface area contributed by atoms with E-state index in [9.17, 15) is 4.79 Å². The fraction of sp³-hybridized carbons (Fsp3) is 0.500. The quantitative estimate of drug-likeness (QED) is 0.492. The molecular weight excluding hydrogens is 407 g/mol. The monoisotopic (exact) mass is 440 g/mol. The molecule has 1 aliphatic rings. The van der Waals surface area contributed by atoms with Crippen LogP contribution in [-0.4, -0.2) is 42.0 Å². The third-order valence-corrected chi connectivity index (χ3v) is 5.65. The fourth-order valence-electron chi connectivity index (χ4n) is 3.35. The van der Waals surface area contributed by atoms with Crippen molar-refractivity contribution in [2.45, 2.75) is 72.3 Å². The normalized spacial score (nSPS) is 16.8. The number of esters is 1. The van der Waals surface area contributed by atoms with E-state index in [0.29, 0.717) is 24.5 Å². The van der Waals surface area contributed by atoms with Crippen molar-refractivity contribution in [3.05, 3.63) is 47.7 Å². The molecule has 0 radical (unpaired) electrons. The number of hydrogen-bond donors (Lipinski definition) is 1. The summed E-state index contributed by atoms with van der Waals surface area (Å²) in [5.74, 6) is 0.798. The van der Waals surface area contributed by atoms with E-state index in [1.54, 1.807) is 25.3 Å². The van der Waals surface area contributed by atoms with Crippen LogP contribution in [0.15, 0.2) is 36.5 Å². The van der Waals surface area contributed by atoms with Crippen molar-refractivity contribution in [1.29, 1.82) is 0 Å². The van der Waals surface area contributed by atoms with Crippen LogP contribution in [0.25, 0.3) is 0 Å². The Morgan fingerprint density at radius 2 is 1.84 bits per heavy atom. The molecule has 1 saturated heterocycles. The highest BCUT2D eigenvalue weighted by Gasteiger charge is 2.51. The molecule has 3 rings (SSSR count). The molecule has 0 aliphatic carbocycles. The summed E-state index contributed by atoms with van der Waals surface area (Å²) in [7, 11) is -0.501. The van der Waals surface area contributed by atoms with Crippen LogP contribution in [0.5, 0.6) is 5.75 Å². The lowest BCUT2D eigenvalue weighted by molar-refractivity contribution is 0.00578. The number of ether oxygens (including phenoxy) is 2. The lowest BCUT2D eigenvalue weighted by Gasteiger charge is -2.32. The van der Waals surface area contributed by atoms with Crippen molar-refractivity contribution in [3.8, 4) is 5.75 Å². The summed E-state index contributed by atoms with van der Waals surface area (Å²) in [6.07, 6.45) is 1.66. The van der Waals surface area contributed by atoms with Crippen LogP contribution in [0.3, 0.4) is 0 Å². The maximum absolute atomic E-state index is 12.2. The number of rotatable bonds is 8. The Morgan fingerprint density at radius 1 is 1.16 bits per heavy atom. The second-order valence-corrected chi connectivity index (χ2v) is 9.14. The highest BCUT2D eigenvalue weighted by atomic mass is 16.7. The van der Waals surface area contributed by atoms with E-state index in [1.165, 1.54) is 0 Å². The first kappa shape index (κ1) is 24.1.